The molecule has 2 aromatic carbocycles. The molecule has 0 bridgehead atoms. The number of carbonyl (C=O) groups is 1. The molecular formula is C15H8Cl2O. The van der Waals surface area contributed by atoms with Gasteiger partial charge in [-0.2, -0.15) is 0 Å². The molecule has 0 spiro atoms. The third-order valence-electron chi connectivity index (χ3n) is 2.27. The van der Waals surface area contributed by atoms with Gasteiger partial charge in [0, 0.05) is 16.1 Å². The number of hydrogen-bond acceptors (Lipinski definition) is 1. The molecule has 0 amide bonds. The average Bonchev–Trinajstić information content (AvgIpc) is 2.37. The number of halogens is 2. The highest BCUT2D eigenvalue weighted by molar-refractivity contribution is 6.37. The monoisotopic (exact) mass is 274 g/mol. The Hall–Kier alpha value is -1.75. The molecule has 88 valence electrons. The van der Waals surface area contributed by atoms with Crippen LogP contribution < -0.4 is 0 Å². The Balaban J connectivity index is 2.26. The van der Waals surface area contributed by atoms with E-state index in [4.69, 9.17) is 23.2 Å². The standard InChI is InChI=1S/C15H8Cl2O/c16-12-7-8-13(14(17)10-12)15(18)9-6-11-4-2-1-3-5-11/h1-5,7-8,10H. The fourth-order valence-electron chi connectivity index (χ4n) is 1.39. The van der Waals surface area contributed by atoms with Gasteiger partial charge in [0.05, 0.1) is 5.02 Å². The van der Waals surface area contributed by atoms with Crippen molar-refractivity contribution in [3.63, 3.8) is 0 Å². The third-order valence-corrected chi connectivity index (χ3v) is 2.82. The average molecular weight is 275 g/mol. The third kappa shape index (κ3) is 3.13. The molecule has 0 unspecified atom stereocenters. The highest BCUT2D eigenvalue weighted by atomic mass is 35.5. The van der Waals surface area contributed by atoms with Crippen molar-refractivity contribution in [1.29, 1.82) is 0 Å². The Labute approximate surface area is 115 Å². The van der Waals surface area contributed by atoms with E-state index >= 15 is 0 Å². The topological polar surface area (TPSA) is 17.1 Å². The smallest absolute Gasteiger partial charge is 0.237 e. The van der Waals surface area contributed by atoms with Crippen LogP contribution in [0.5, 0.6) is 0 Å². The molecule has 0 aromatic heterocycles. The molecule has 2 aromatic rings. The summed E-state index contributed by atoms with van der Waals surface area (Å²) < 4.78 is 0. The lowest BCUT2D eigenvalue weighted by atomic mass is 10.1. The first kappa shape index (κ1) is 12.7. The van der Waals surface area contributed by atoms with Crippen molar-refractivity contribution in [2.45, 2.75) is 0 Å². The normalized spacial score (nSPS) is 9.44. The summed E-state index contributed by atoms with van der Waals surface area (Å²) in [6.45, 7) is 0. The number of ketones is 1. The molecule has 1 nitrogen and oxygen atoms in total. The number of benzene rings is 2. The maximum Gasteiger partial charge on any atom is 0.237 e. The highest BCUT2D eigenvalue weighted by Gasteiger charge is 2.07. The molecule has 0 saturated carbocycles. The SMILES string of the molecule is O=C(C#Cc1ccccc1)c1ccc(Cl)cc1Cl. The number of Topliss-reactive ketones (excluding diaryl/α,β-unsaturated/α-hetero) is 1. The first-order valence-electron chi connectivity index (χ1n) is 5.23. The Morgan fingerprint density at radius 1 is 1.00 bits per heavy atom. The van der Waals surface area contributed by atoms with E-state index in [1.54, 1.807) is 12.1 Å². The molecule has 0 saturated heterocycles. The van der Waals surface area contributed by atoms with Crippen molar-refractivity contribution < 1.29 is 4.79 Å². The minimum atomic E-state index is -0.319. The summed E-state index contributed by atoms with van der Waals surface area (Å²) in [6.07, 6.45) is 0. The zero-order valence-electron chi connectivity index (χ0n) is 9.28. The predicted molar refractivity (Wildman–Crippen MR) is 74.1 cm³/mol. The summed E-state index contributed by atoms with van der Waals surface area (Å²) in [4.78, 5) is 11.8. The van der Waals surface area contributed by atoms with Gasteiger partial charge in [-0.15, -0.1) is 0 Å². The summed E-state index contributed by atoms with van der Waals surface area (Å²) in [6, 6.07) is 14.0. The first-order chi connectivity index (χ1) is 8.66. The molecule has 0 radical (unpaired) electrons. The molecule has 0 atom stereocenters. The Morgan fingerprint density at radius 3 is 2.39 bits per heavy atom. The van der Waals surface area contributed by atoms with Crippen molar-refractivity contribution in [3.8, 4) is 11.8 Å². The predicted octanol–water partition coefficient (Wildman–Crippen LogP) is 4.23. The lowest BCUT2D eigenvalue weighted by Crippen LogP contribution is -1.96. The van der Waals surface area contributed by atoms with Gasteiger partial charge in [0.15, 0.2) is 0 Å². The lowest BCUT2D eigenvalue weighted by Gasteiger charge is -1.98. The molecule has 18 heavy (non-hydrogen) atoms. The minimum Gasteiger partial charge on any atom is -0.279 e. The van der Waals surface area contributed by atoms with Crippen LogP contribution in [0.2, 0.25) is 10.0 Å². The van der Waals surface area contributed by atoms with Crippen molar-refractivity contribution in [3.05, 3.63) is 69.7 Å². The summed E-state index contributed by atoms with van der Waals surface area (Å²) in [5.41, 5.74) is 1.15. The summed E-state index contributed by atoms with van der Waals surface area (Å²) >= 11 is 11.7. The first-order valence-corrected chi connectivity index (χ1v) is 5.99. The van der Waals surface area contributed by atoms with Crippen LogP contribution in [0.15, 0.2) is 48.5 Å². The van der Waals surface area contributed by atoms with Crippen LogP contribution in [0.3, 0.4) is 0 Å². The zero-order chi connectivity index (χ0) is 13.0. The van der Waals surface area contributed by atoms with E-state index in [0.717, 1.165) is 5.56 Å². The van der Waals surface area contributed by atoms with Gasteiger partial charge >= 0.3 is 0 Å². The number of hydrogen-bond donors (Lipinski definition) is 0. The van der Waals surface area contributed by atoms with Crippen molar-refractivity contribution >= 4 is 29.0 Å². The van der Waals surface area contributed by atoms with Crippen LogP contribution in [-0.2, 0) is 0 Å². The molecule has 0 fully saturated rings. The van der Waals surface area contributed by atoms with E-state index in [1.165, 1.54) is 6.07 Å². The van der Waals surface area contributed by atoms with Crippen LogP contribution in [0, 0.1) is 11.8 Å². The molecule has 0 aliphatic heterocycles. The number of rotatable bonds is 1. The van der Waals surface area contributed by atoms with E-state index in [1.807, 2.05) is 30.3 Å². The molecule has 0 aliphatic rings. The Kier molecular flexibility index (Phi) is 4.04. The van der Waals surface area contributed by atoms with Crippen LogP contribution in [0.4, 0.5) is 0 Å². The van der Waals surface area contributed by atoms with E-state index in [0.29, 0.717) is 15.6 Å². The van der Waals surface area contributed by atoms with Gasteiger partial charge in [0.25, 0.3) is 0 Å². The van der Waals surface area contributed by atoms with Gasteiger partial charge < -0.3 is 0 Å². The second kappa shape index (κ2) is 5.73. The molecule has 3 heteroatoms. The lowest BCUT2D eigenvalue weighted by molar-refractivity contribution is 0.105. The Bertz CT molecular complexity index is 637. The van der Waals surface area contributed by atoms with E-state index in [9.17, 15) is 4.79 Å². The van der Waals surface area contributed by atoms with Gasteiger partial charge in [-0.3, -0.25) is 4.79 Å². The Morgan fingerprint density at radius 2 is 1.72 bits per heavy atom. The van der Waals surface area contributed by atoms with Crippen molar-refractivity contribution in [2.75, 3.05) is 0 Å². The maximum atomic E-state index is 11.8. The van der Waals surface area contributed by atoms with Crippen molar-refractivity contribution in [1.82, 2.24) is 0 Å². The minimum absolute atomic E-state index is 0.315. The van der Waals surface area contributed by atoms with E-state index in [2.05, 4.69) is 11.8 Å². The van der Waals surface area contributed by atoms with Crippen LogP contribution in [-0.4, -0.2) is 5.78 Å². The van der Waals surface area contributed by atoms with Crippen LogP contribution >= 0.6 is 23.2 Å². The second-order valence-electron chi connectivity index (χ2n) is 3.57. The second-order valence-corrected chi connectivity index (χ2v) is 4.41. The molecule has 0 heterocycles. The fraction of sp³-hybridized carbons (Fsp3) is 0. The van der Waals surface area contributed by atoms with Gasteiger partial charge in [0.2, 0.25) is 5.78 Å². The number of carbonyl (C=O) groups excluding carboxylic acids is 1. The van der Waals surface area contributed by atoms with Crippen LogP contribution in [0.25, 0.3) is 0 Å². The summed E-state index contributed by atoms with van der Waals surface area (Å²) in [5.74, 6) is 5.03. The van der Waals surface area contributed by atoms with Gasteiger partial charge in [-0.25, -0.2) is 0 Å². The van der Waals surface area contributed by atoms with Crippen molar-refractivity contribution in [2.24, 2.45) is 0 Å². The van der Waals surface area contributed by atoms with Gasteiger partial charge in [0.1, 0.15) is 0 Å². The van der Waals surface area contributed by atoms with E-state index < -0.39 is 0 Å². The fourth-order valence-corrected chi connectivity index (χ4v) is 1.89. The molecule has 0 aliphatic carbocycles. The quantitative estimate of drug-likeness (QED) is 0.562. The maximum absolute atomic E-state index is 11.8. The highest BCUT2D eigenvalue weighted by Crippen LogP contribution is 2.21. The molecule has 0 N–H and O–H groups in total. The molecular weight excluding hydrogens is 267 g/mol. The summed E-state index contributed by atoms with van der Waals surface area (Å²) in [5, 5.41) is 0.808. The van der Waals surface area contributed by atoms with Gasteiger partial charge in [-0.05, 0) is 36.3 Å². The van der Waals surface area contributed by atoms with Crippen LogP contribution in [0.1, 0.15) is 15.9 Å². The largest absolute Gasteiger partial charge is 0.279 e. The molecule has 2 rings (SSSR count). The summed E-state index contributed by atoms with van der Waals surface area (Å²) in [7, 11) is 0. The van der Waals surface area contributed by atoms with Gasteiger partial charge in [-0.1, -0.05) is 47.3 Å². The van der Waals surface area contributed by atoms with E-state index in [-0.39, 0.29) is 5.78 Å². The zero-order valence-corrected chi connectivity index (χ0v) is 10.8.